The summed E-state index contributed by atoms with van der Waals surface area (Å²) in [6.45, 7) is 5.18. The molecule has 2 N–H and O–H groups in total. The van der Waals surface area contributed by atoms with Crippen LogP contribution >= 0.6 is 11.6 Å². The van der Waals surface area contributed by atoms with E-state index in [1.54, 1.807) is 0 Å². The van der Waals surface area contributed by atoms with Crippen LogP contribution in [0.3, 0.4) is 0 Å². The van der Waals surface area contributed by atoms with Crippen molar-refractivity contribution in [2.75, 3.05) is 13.1 Å². The van der Waals surface area contributed by atoms with Crippen molar-refractivity contribution in [2.45, 2.75) is 32.4 Å². The molecule has 0 radical (unpaired) electrons. The first kappa shape index (κ1) is 12.9. The average molecular weight is 253 g/mol. The standard InChI is InChI=1S/C14H21ClN2/c1-11-4-3-7-17(14(11)9-16)10-12-5-2-6-13(15)8-12/h2,5-6,8,11,14H,3-4,7,9-10,16H2,1H3. The van der Waals surface area contributed by atoms with Gasteiger partial charge < -0.3 is 5.73 Å². The smallest absolute Gasteiger partial charge is 0.0409 e. The van der Waals surface area contributed by atoms with Gasteiger partial charge in [-0.05, 0) is 43.0 Å². The summed E-state index contributed by atoms with van der Waals surface area (Å²) in [6, 6.07) is 8.64. The minimum Gasteiger partial charge on any atom is -0.329 e. The van der Waals surface area contributed by atoms with Crippen molar-refractivity contribution in [3.8, 4) is 0 Å². The fourth-order valence-corrected chi connectivity index (χ4v) is 2.99. The molecule has 0 aliphatic carbocycles. The van der Waals surface area contributed by atoms with E-state index in [1.165, 1.54) is 18.4 Å². The number of benzene rings is 1. The van der Waals surface area contributed by atoms with Crippen LogP contribution in [0.4, 0.5) is 0 Å². The number of nitrogens with two attached hydrogens (primary N) is 1. The van der Waals surface area contributed by atoms with Crippen LogP contribution in [0.2, 0.25) is 5.02 Å². The van der Waals surface area contributed by atoms with Crippen molar-refractivity contribution < 1.29 is 0 Å². The van der Waals surface area contributed by atoms with Gasteiger partial charge in [0.05, 0.1) is 0 Å². The van der Waals surface area contributed by atoms with Crippen LogP contribution in [-0.2, 0) is 6.54 Å². The van der Waals surface area contributed by atoms with Crippen LogP contribution in [0.5, 0.6) is 0 Å². The normalized spacial score (nSPS) is 26.1. The molecule has 2 rings (SSSR count). The average Bonchev–Trinajstić information content (AvgIpc) is 2.29. The van der Waals surface area contributed by atoms with Gasteiger partial charge in [0.25, 0.3) is 0 Å². The van der Waals surface area contributed by atoms with E-state index in [-0.39, 0.29) is 0 Å². The summed E-state index contributed by atoms with van der Waals surface area (Å²) in [4.78, 5) is 2.50. The number of piperidine rings is 1. The van der Waals surface area contributed by atoms with Crippen molar-refractivity contribution in [3.05, 3.63) is 34.9 Å². The van der Waals surface area contributed by atoms with Gasteiger partial charge in [0.15, 0.2) is 0 Å². The van der Waals surface area contributed by atoms with E-state index in [4.69, 9.17) is 17.3 Å². The predicted octanol–water partition coefficient (Wildman–Crippen LogP) is 2.90. The Morgan fingerprint density at radius 3 is 3.00 bits per heavy atom. The summed E-state index contributed by atoms with van der Waals surface area (Å²) in [7, 11) is 0. The third-order valence-electron chi connectivity index (χ3n) is 3.75. The molecule has 1 fully saturated rings. The quantitative estimate of drug-likeness (QED) is 0.896. The lowest BCUT2D eigenvalue weighted by molar-refractivity contribution is 0.0991. The van der Waals surface area contributed by atoms with E-state index in [0.717, 1.165) is 24.7 Å². The van der Waals surface area contributed by atoms with Crippen LogP contribution in [-0.4, -0.2) is 24.0 Å². The predicted molar refractivity (Wildman–Crippen MR) is 73.1 cm³/mol. The van der Waals surface area contributed by atoms with Gasteiger partial charge in [0, 0.05) is 24.2 Å². The van der Waals surface area contributed by atoms with E-state index in [1.807, 2.05) is 12.1 Å². The van der Waals surface area contributed by atoms with Gasteiger partial charge in [-0.15, -0.1) is 0 Å². The maximum absolute atomic E-state index is 6.02. The van der Waals surface area contributed by atoms with Crippen molar-refractivity contribution in [3.63, 3.8) is 0 Å². The van der Waals surface area contributed by atoms with E-state index in [2.05, 4.69) is 24.0 Å². The largest absolute Gasteiger partial charge is 0.329 e. The molecular formula is C14H21ClN2. The Bertz CT molecular complexity index is 367. The lowest BCUT2D eigenvalue weighted by atomic mass is 9.90. The number of halogens is 1. The summed E-state index contributed by atoms with van der Waals surface area (Å²) in [5.41, 5.74) is 7.18. The maximum atomic E-state index is 6.02. The van der Waals surface area contributed by atoms with Crippen molar-refractivity contribution >= 4 is 11.6 Å². The van der Waals surface area contributed by atoms with Gasteiger partial charge in [-0.2, -0.15) is 0 Å². The molecule has 0 aromatic heterocycles. The summed E-state index contributed by atoms with van der Waals surface area (Å²) in [5.74, 6) is 0.702. The van der Waals surface area contributed by atoms with Gasteiger partial charge in [-0.3, -0.25) is 4.90 Å². The molecule has 1 aliphatic heterocycles. The molecule has 0 spiro atoms. The topological polar surface area (TPSA) is 29.3 Å². The zero-order valence-corrected chi connectivity index (χ0v) is 11.2. The summed E-state index contributed by atoms with van der Waals surface area (Å²) in [6.07, 6.45) is 2.58. The number of likely N-dealkylation sites (tertiary alicyclic amines) is 1. The molecular weight excluding hydrogens is 232 g/mol. The molecule has 1 aromatic rings. The van der Waals surface area contributed by atoms with Crippen LogP contribution in [0.15, 0.2) is 24.3 Å². The zero-order chi connectivity index (χ0) is 12.3. The van der Waals surface area contributed by atoms with E-state index in [0.29, 0.717) is 12.0 Å². The summed E-state index contributed by atoms with van der Waals surface area (Å²) >= 11 is 6.02. The van der Waals surface area contributed by atoms with Gasteiger partial charge in [-0.1, -0.05) is 30.7 Å². The minimum atomic E-state index is 0.516. The molecule has 94 valence electrons. The van der Waals surface area contributed by atoms with Crippen LogP contribution in [0.1, 0.15) is 25.3 Å². The highest BCUT2D eigenvalue weighted by Crippen LogP contribution is 2.24. The maximum Gasteiger partial charge on any atom is 0.0409 e. The Balaban J connectivity index is 2.06. The molecule has 1 heterocycles. The molecule has 0 amide bonds. The van der Waals surface area contributed by atoms with E-state index < -0.39 is 0 Å². The summed E-state index contributed by atoms with van der Waals surface area (Å²) < 4.78 is 0. The number of nitrogens with zero attached hydrogens (tertiary/aromatic N) is 1. The molecule has 2 atom stereocenters. The van der Waals surface area contributed by atoms with Gasteiger partial charge in [0.1, 0.15) is 0 Å². The van der Waals surface area contributed by atoms with E-state index >= 15 is 0 Å². The molecule has 17 heavy (non-hydrogen) atoms. The Morgan fingerprint density at radius 2 is 2.29 bits per heavy atom. The Kier molecular flexibility index (Phi) is 4.43. The third kappa shape index (κ3) is 3.21. The third-order valence-corrected chi connectivity index (χ3v) is 3.98. The first-order chi connectivity index (χ1) is 8.20. The second-order valence-electron chi connectivity index (χ2n) is 5.02. The van der Waals surface area contributed by atoms with Crippen LogP contribution < -0.4 is 5.73 Å². The zero-order valence-electron chi connectivity index (χ0n) is 10.4. The Hall–Kier alpha value is -0.570. The Morgan fingerprint density at radius 1 is 1.47 bits per heavy atom. The molecule has 0 saturated carbocycles. The SMILES string of the molecule is CC1CCCN(Cc2cccc(Cl)c2)C1CN. The van der Waals surface area contributed by atoms with Crippen molar-refractivity contribution in [2.24, 2.45) is 11.7 Å². The monoisotopic (exact) mass is 252 g/mol. The Labute approximate surface area is 109 Å². The highest BCUT2D eigenvalue weighted by molar-refractivity contribution is 6.30. The van der Waals surface area contributed by atoms with Gasteiger partial charge in [-0.25, -0.2) is 0 Å². The molecule has 2 nitrogen and oxygen atoms in total. The molecule has 1 saturated heterocycles. The highest BCUT2D eigenvalue weighted by atomic mass is 35.5. The first-order valence-corrected chi connectivity index (χ1v) is 6.77. The number of hydrogen-bond donors (Lipinski definition) is 1. The molecule has 1 aromatic carbocycles. The summed E-state index contributed by atoms with van der Waals surface area (Å²) in [5, 5.41) is 0.817. The number of hydrogen-bond acceptors (Lipinski definition) is 2. The first-order valence-electron chi connectivity index (χ1n) is 6.39. The lowest BCUT2D eigenvalue weighted by Crippen LogP contribution is -2.47. The van der Waals surface area contributed by atoms with Crippen molar-refractivity contribution in [1.29, 1.82) is 0 Å². The van der Waals surface area contributed by atoms with E-state index in [9.17, 15) is 0 Å². The molecule has 0 bridgehead atoms. The fourth-order valence-electron chi connectivity index (χ4n) is 2.78. The van der Waals surface area contributed by atoms with Crippen LogP contribution in [0, 0.1) is 5.92 Å². The van der Waals surface area contributed by atoms with Crippen molar-refractivity contribution in [1.82, 2.24) is 4.90 Å². The fraction of sp³-hybridized carbons (Fsp3) is 0.571. The lowest BCUT2D eigenvalue weighted by Gasteiger charge is -2.39. The second-order valence-corrected chi connectivity index (χ2v) is 5.46. The molecule has 2 unspecified atom stereocenters. The molecule has 3 heteroatoms. The van der Waals surface area contributed by atoms with Gasteiger partial charge in [0.2, 0.25) is 0 Å². The highest BCUT2D eigenvalue weighted by Gasteiger charge is 2.27. The van der Waals surface area contributed by atoms with Crippen LogP contribution in [0.25, 0.3) is 0 Å². The minimum absolute atomic E-state index is 0.516. The second kappa shape index (κ2) is 5.85. The molecule has 1 aliphatic rings. The number of rotatable bonds is 3. The van der Waals surface area contributed by atoms with Gasteiger partial charge >= 0.3 is 0 Å².